The Morgan fingerprint density at radius 1 is 1.36 bits per heavy atom. The quantitative estimate of drug-likeness (QED) is 0.882. The van der Waals surface area contributed by atoms with Crippen LogP contribution in [0.1, 0.15) is 43.1 Å². The Morgan fingerprint density at radius 2 is 2.18 bits per heavy atom. The summed E-state index contributed by atoms with van der Waals surface area (Å²) in [4.78, 5) is 26.7. The predicted octanol–water partition coefficient (Wildman–Crippen LogP) is 1.56. The molecule has 22 heavy (non-hydrogen) atoms. The summed E-state index contributed by atoms with van der Waals surface area (Å²) < 4.78 is 1.75. The Kier molecular flexibility index (Phi) is 4.29. The third-order valence-electron chi connectivity index (χ3n) is 5.29. The van der Waals surface area contributed by atoms with E-state index < -0.39 is 5.97 Å². The molecule has 0 unspecified atom stereocenters. The number of rotatable bonds is 4. The van der Waals surface area contributed by atoms with Crippen LogP contribution in [0, 0.1) is 17.8 Å². The van der Waals surface area contributed by atoms with Crippen molar-refractivity contribution in [2.45, 2.75) is 45.2 Å². The second-order valence-electron chi connectivity index (χ2n) is 6.74. The Balaban J connectivity index is 1.64. The molecule has 2 aliphatic rings. The van der Waals surface area contributed by atoms with Crippen LogP contribution in [-0.4, -0.2) is 39.0 Å². The van der Waals surface area contributed by atoms with Gasteiger partial charge in [0, 0.05) is 6.54 Å². The van der Waals surface area contributed by atoms with Crippen LogP contribution >= 0.6 is 0 Å². The molecule has 0 radical (unpaired) electrons. The van der Waals surface area contributed by atoms with Crippen molar-refractivity contribution in [3.63, 3.8) is 0 Å². The van der Waals surface area contributed by atoms with Crippen LogP contribution in [-0.2, 0) is 11.3 Å². The molecule has 1 aromatic heterocycles. The van der Waals surface area contributed by atoms with Gasteiger partial charge in [0.2, 0.25) is 0 Å². The van der Waals surface area contributed by atoms with Gasteiger partial charge < -0.3 is 15.0 Å². The third kappa shape index (κ3) is 3.06. The number of hydrogen-bond donors (Lipinski definition) is 2. The molecule has 0 bridgehead atoms. The number of fused-ring (bicyclic) bond motifs is 1. The summed E-state index contributed by atoms with van der Waals surface area (Å²) in [6.07, 6.45) is 7.29. The molecule has 2 fully saturated rings. The number of nitrogens with one attached hydrogen (secondary N) is 1. The Hall–Kier alpha value is -1.69. The molecule has 0 amide bonds. The highest BCUT2D eigenvalue weighted by molar-refractivity contribution is 5.85. The summed E-state index contributed by atoms with van der Waals surface area (Å²) in [5.74, 6) is 1.01. The molecule has 1 aliphatic carbocycles. The molecule has 4 atom stereocenters. The lowest BCUT2D eigenvalue weighted by atomic mass is 9.69. The van der Waals surface area contributed by atoms with E-state index in [4.69, 9.17) is 5.11 Å². The van der Waals surface area contributed by atoms with Crippen molar-refractivity contribution < 1.29 is 14.7 Å². The summed E-state index contributed by atoms with van der Waals surface area (Å²) in [6.45, 7) is 3.30. The van der Waals surface area contributed by atoms with Gasteiger partial charge in [0.25, 0.3) is 0 Å². The fourth-order valence-electron chi connectivity index (χ4n) is 4.06. The van der Waals surface area contributed by atoms with Crippen LogP contribution in [0.2, 0.25) is 0 Å². The zero-order valence-electron chi connectivity index (χ0n) is 12.9. The van der Waals surface area contributed by atoms with Gasteiger partial charge in [0.05, 0.1) is 18.6 Å². The Labute approximate surface area is 129 Å². The van der Waals surface area contributed by atoms with E-state index in [1.165, 1.54) is 6.20 Å². The second-order valence-corrected chi connectivity index (χ2v) is 6.74. The van der Waals surface area contributed by atoms with Gasteiger partial charge in [0.1, 0.15) is 11.5 Å². The lowest BCUT2D eigenvalue weighted by molar-refractivity contribution is -0.120. The lowest BCUT2D eigenvalue weighted by Gasteiger charge is -2.42. The molecular formula is C16H23N3O3. The third-order valence-corrected chi connectivity index (χ3v) is 5.29. The number of aromatic nitrogens is 2. The molecule has 0 aromatic carbocycles. The van der Waals surface area contributed by atoms with Crippen LogP contribution in [0.25, 0.3) is 0 Å². The van der Waals surface area contributed by atoms with Crippen LogP contribution in [0.15, 0.2) is 12.5 Å². The molecular weight excluding hydrogens is 282 g/mol. The first-order valence-electron chi connectivity index (χ1n) is 8.02. The van der Waals surface area contributed by atoms with Crippen molar-refractivity contribution in [1.82, 2.24) is 14.9 Å². The van der Waals surface area contributed by atoms with Gasteiger partial charge in [-0.15, -0.1) is 0 Å². The maximum Gasteiger partial charge on any atom is 0.354 e. The van der Waals surface area contributed by atoms with E-state index in [9.17, 15) is 9.59 Å². The van der Waals surface area contributed by atoms with Crippen molar-refractivity contribution in [2.75, 3.05) is 6.54 Å². The standard InChI is InChI=1S/C16H23N3O3/c1-10(20)14-5-13-4-11(2-3-12(13)6-18-14)8-19-9-17-7-15(19)16(21)22/h7,9,11-14,18H,2-6,8H2,1H3,(H,21,22)/t11-,12-,13+,14-/m0/s1. The molecule has 1 saturated carbocycles. The molecule has 6 nitrogen and oxygen atoms in total. The first-order valence-corrected chi connectivity index (χ1v) is 8.02. The smallest absolute Gasteiger partial charge is 0.354 e. The van der Waals surface area contributed by atoms with E-state index in [1.54, 1.807) is 17.8 Å². The second kappa shape index (κ2) is 6.20. The number of nitrogens with zero attached hydrogens (tertiary/aromatic N) is 2. The number of Topliss-reactive ketones (excluding diaryl/α,β-unsaturated/α-hetero) is 1. The van der Waals surface area contributed by atoms with Gasteiger partial charge in [-0.25, -0.2) is 9.78 Å². The molecule has 1 aromatic rings. The van der Waals surface area contributed by atoms with E-state index in [0.29, 0.717) is 24.3 Å². The monoisotopic (exact) mass is 305 g/mol. The summed E-state index contributed by atoms with van der Waals surface area (Å²) in [7, 11) is 0. The average Bonchev–Trinajstić information content (AvgIpc) is 2.94. The van der Waals surface area contributed by atoms with E-state index in [0.717, 1.165) is 32.2 Å². The van der Waals surface area contributed by atoms with Gasteiger partial charge >= 0.3 is 5.97 Å². The van der Waals surface area contributed by atoms with Crippen LogP contribution in [0.4, 0.5) is 0 Å². The SMILES string of the molecule is CC(=O)[C@@H]1C[C@H]2C[C@@H](Cn3cncc3C(=O)O)CC[C@H]2CN1. The highest BCUT2D eigenvalue weighted by atomic mass is 16.4. The predicted molar refractivity (Wildman–Crippen MR) is 80.6 cm³/mol. The zero-order valence-corrected chi connectivity index (χ0v) is 12.9. The van der Waals surface area contributed by atoms with Crippen molar-refractivity contribution in [3.8, 4) is 0 Å². The van der Waals surface area contributed by atoms with Crippen LogP contribution in [0.5, 0.6) is 0 Å². The number of carbonyl (C=O) groups is 2. The molecule has 120 valence electrons. The minimum atomic E-state index is -0.926. The van der Waals surface area contributed by atoms with Gasteiger partial charge in [-0.05, 0) is 56.9 Å². The van der Waals surface area contributed by atoms with Crippen LogP contribution in [0.3, 0.4) is 0 Å². The van der Waals surface area contributed by atoms with Crippen molar-refractivity contribution in [2.24, 2.45) is 17.8 Å². The fraction of sp³-hybridized carbons (Fsp3) is 0.688. The number of hydrogen-bond acceptors (Lipinski definition) is 4. The number of aromatic carboxylic acids is 1. The van der Waals surface area contributed by atoms with E-state index >= 15 is 0 Å². The number of carbonyl (C=O) groups excluding carboxylic acids is 1. The molecule has 0 spiro atoms. The summed E-state index contributed by atoms with van der Waals surface area (Å²) in [5, 5.41) is 12.5. The molecule has 2 heterocycles. The van der Waals surface area contributed by atoms with Crippen LogP contribution < -0.4 is 5.32 Å². The van der Waals surface area contributed by atoms with Gasteiger partial charge in [0.15, 0.2) is 0 Å². The first-order chi connectivity index (χ1) is 10.5. The summed E-state index contributed by atoms with van der Waals surface area (Å²) in [5.41, 5.74) is 0.258. The number of imidazole rings is 1. The van der Waals surface area contributed by atoms with Crippen molar-refractivity contribution in [3.05, 3.63) is 18.2 Å². The highest BCUT2D eigenvalue weighted by Crippen LogP contribution is 2.39. The normalized spacial score (nSPS) is 31.5. The van der Waals surface area contributed by atoms with Crippen molar-refractivity contribution in [1.29, 1.82) is 0 Å². The van der Waals surface area contributed by atoms with E-state index in [-0.39, 0.29) is 17.5 Å². The number of carboxylic acids is 1. The molecule has 3 rings (SSSR count). The van der Waals surface area contributed by atoms with Crippen molar-refractivity contribution >= 4 is 11.8 Å². The Bertz CT molecular complexity index is 569. The minimum absolute atomic E-state index is 0.00262. The molecule has 1 saturated heterocycles. The largest absolute Gasteiger partial charge is 0.477 e. The number of carboxylic acid groups (broad SMARTS) is 1. The van der Waals surface area contributed by atoms with Gasteiger partial charge in [-0.3, -0.25) is 4.79 Å². The minimum Gasteiger partial charge on any atom is -0.477 e. The van der Waals surface area contributed by atoms with Gasteiger partial charge in [-0.1, -0.05) is 0 Å². The topological polar surface area (TPSA) is 84.2 Å². The molecule has 1 aliphatic heterocycles. The maximum atomic E-state index is 11.6. The zero-order chi connectivity index (χ0) is 15.7. The first kappa shape index (κ1) is 15.2. The highest BCUT2D eigenvalue weighted by Gasteiger charge is 2.36. The number of piperidine rings is 1. The lowest BCUT2D eigenvalue weighted by Crippen LogP contribution is -2.49. The maximum absolute atomic E-state index is 11.6. The van der Waals surface area contributed by atoms with E-state index in [1.807, 2.05) is 0 Å². The van der Waals surface area contributed by atoms with Gasteiger partial charge in [-0.2, -0.15) is 0 Å². The Morgan fingerprint density at radius 3 is 2.91 bits per heavy atom. The average molecular weight is 305 g/mol. The fourth-order valence-corrected chi connectivity index (χ4v) is 4.06. The van der Waals surface area contributed by atoms with E-state index in [2.05, 4.69) is 10.3 Å². The summed E-state index contributed by atoms with van der Waals surface area (Å²) in [6, 6.07) is 0.00262. The molecule has 6 heteroatoms. The summed E-state index contributed by atoms with van der Waals surface area (Å²) >= 11 is 0. The number of ketones is 1. The molecule has 2 N–H and O–H groups in total.